The molecule has 1 aliphatic heterocycles. The molecule has 4 nitrogen and oxygen atoms in total. The Morgan fingerprint density at radius 1 is 1.19 bits per heavy atom. The molecule has 1 aromatic heterocycles. The Kier molecular flexibility index (Phi) is 4.57. The summed E-state index contributed by atoms with van der Waals surface area (Å²) in [4.78, 5) is 2.74. The summed E-state index contributed by atoms with van der Waals surface area (Å²) in [6.07, 6.45) is 11.0. The zero-order chi connectivity index (χ0) is 14.9. The number of piperidine rings is 1. The number of likely N-dealkylation sites (tertiary alicyclic amines) is 1. The molecule has 118 valence electrons. The highest BCUT2D eigenvalue weighted by Gasteiger charge is 2.47. The lowest BCUT2D eigenvalue weighted by atomic mass is 9.82. The first kappa shape index (κ1) is 15.3. The van der Waals surface area contributed by atoms with E-state index in [-0.39, 0.29) is 11.6 Å². The summed E-state index contributed by atoms with van der Waals surface area (Å²) in [5.41, 5.74) is 1.36. The van der Waals surface area contributed by atoms with Crippen molar-refractivity contribution < 1.29 is 0 Å². The van der Waals surface area contributed by atoms with E-state index < -0.39 is 0 Å². The zero-order valence-corrected chi connectivity index (χ0v) is 14.0. The van der Waals surface area contributed by atoms with Crippen LogP contribution in [-0.4, -0.2) is 40.4 Å². The second-order valence-electron chi connectivity index (χ2n) is 6.58. The number of hydrogen-bond donors (Lipinski definition) is 1. The Bertz CT molecular complexity index is 453. The molecule has 0 bridgehead atoms. The van der Waals surface area contributed by atoms with Gasteiger partial charge < -0.3 is 5.32 Å². The molecule has 5 heteroatoms. The van der Waals surface area contributed by atoms with Gasteiger partial charge in [-0.1, -0.05) is 30.9 Å². The van der Waals surface area contributed by atoms with Gasteiger partial charge >= 0.3 is 0 Å². The highest BCUT2D eigenvalue weighted by molar-refractivity contribution is 6.31. The monoisotopic (exact) mass is 310 g/mol. The van der Waals surface area contributed by atoms with Crippen molar-refractivity contribution in [1.82, 2.24) is 20.0 Å². The molecule has 2 fully saturated rings. The first-order chi connectivity index (χ1) is 10.2. The molecule has 1 atom stereocenters. The first-order valence-corrected chi connectivity index (χ1v) is 8.66. The minimum absolute atomic E-state index is 0.215. The van der Waals surface area contributed by atoms with Crippen molar-refractivity contribution in [3.63, 3.8) is 0 Å². The van der Waals surface area contributed by atoms with Gasteiger partial charge in [0.25, 0.3) is 0 Å². The SMILES string of the molecule is CNC(c1c(Cl)cnn1C)C1(N2CCCCC2)CCCC1. The van der Waals surface area contributed by atoms with Crippen LogP contribution in [0.25, 0.3) is 0 Å². The summed E-state index contributed by atoms with van der Waals surface area (Å²) in [6, 6.07) is 0.262. The largest absolute Gasteiger partial charge is 0.310 e. The number of nitrogens with one attached hydrogen (secondary N) is 1. The van der Waals surface area contributed by atoms with Crippen LogP contribution in [0.5, 0.6) is 0 Å². The van der Waals surface area contributed by atoms with Gasteiger partial charge in [0.2, 0.25) is 0 Å². The van der Waals surface area contributed by atoms with Crippen LogP contribution in [0.4, 0.5) is 0 Å². The Morgan fingerprint density at radius 2 is 1.86 bits per heavy atom. The van der Waals surface area contributed by atoms with Crippen molar-refractivity contribution in [2.45, 2.75) is 56.5 Å². The summed E-state index contributed by atoms with van der Waals surface area (Å²) in [6.45, 7) is 2.46. The molecule has 1 saturated heterocycles. The number of rotatable bonds is 4. The molecular weight excluding hydrogens is 284 g/mol. The Morgan fingerprint density at radius 3 is 2.38 bits per heavy atom. The van der Waals surface area contributed by atoms with Crippen LogP contribution in [0.15, 0.2) is 6.20 Å². The lowest BCUT2D eigenvalue weighted by molar-refractivity contribution is 0.0360. The molecule has 2 heterocycles. The minimum atomic E-state index is 0.215. The fourth-order valence-corrected chi connectivity index (χ4v) is 4.79. The molecule has 1 saturated carbocycles. The fourth-order valence-electron chi connectivity index (χ4n) is 4.52. The third-order valence-corrected chi connectivity index (χ3v) is 5.78. The summed E-state index contributed by atoms with van der Waals surface area (Å²) in [7, 11) is 4.07. The summed E-state index contributed by atoms with van der Waals surface area (Å²) in [5, 5.41) is 8.73. The van der Waals surface area contributed by atoms with Crippen LogP contribution >= 0.6 is 11.6 Å². The third kappa shape index (κ3) is 2.62. The quantitative estimate of drug-likeness (QED) is 0.927. The molecule has 1 aliphatic carbocycles. The zero-order valence-electron chi connectivity index (χ0n) is 13.2. The molecule has 0 radical (unpaired) electrons. The van der Waals surface area contributed by atoms with E-state index in [1.807, 2.05) is 11.7 Å². The molecule has 0 aromatic carbocycles. The molecule has 1 aromatic rings. The highest BCUT2D eigenvalue weighted by Crippen LogP contribution is 2.46. The molecule has 3 rings (SSSR count). The summed E-state index contributed by atoms with van der Waals surface area (Å²) in [5.74, 6) is 0. The van der Waals surface area contributed by atoms with Crippen molar-refractivity contribution in [1.29, 1.82) is 0 Å². The highest BCUT2D eigenvalue weighted by atomic mass is 35.5. The smallest absolute Gasteiger partial charge is 0.0834 e. The van der Waals surface area contributed by atoms with Crippen LogP contribution in [-0.2, 0) is 7.05 Å². The van der Waals surface area contributed by atoms with Crippen LogP contribution in [0, 0.1) is 0 Å². The van der Waals surface area contributed by atoms with Crippen molar-refractivity contribution >= 4 is 11.6 Å². The molecule has 2 aliphatic rings. The molecule has 1 unspecified atom stereocenters. The number of aromatic nitrogens is 2. The van der Waals surface area contributed by atoms with E-state index in [1.54, 1.807) is 6.20 Å². The van der Waals surface area contributed by atoms with Crippen molar-refractivity contribution in [2.75, 3.05) is 20.1 Å². The lowest BCUT2D eigenvalue weighted by Gasteiger charge is -2.48. The maximum absolute atomic E-state index is 6.46. The fraction of sp³-hybridized carbons (Fsp3) is 0.812. The van der Waals surface area contributed by atoms with Crippen LogP contribution < -0.4 is 5.32 Å². The second kappa shape index (κ2) is 6.27. The van der Waals surface area contributed by atoms with E-state index in [9.17, 15) is 0 Å². The third-order valence-electron chi connectivity index (χ3n) is 5.49. The number of halogens is 1. The molecular formula is C16H27ClN4. The predicted molar refractivity (Wildman–Crippen MR) is 86.6 cm³/mol. The van der Waals surface area contributed by atoms with Gasteiger partial charge in [-0.05, 0) is 45.8 Å². The first-order valence-electron chi connectivity index (χ1n) is 8.29. The average molecular weight is 311 g/mol. The topological polar surface area (TPSA) is 33.1 Å². The van der Waals surface area contributed by atoms with Gasteiger partial charge in [0.05, 0.1) is 23.0 Å². The van der Waals surface area contributed by atoms with Crippen molar-refractivity contribution in [3.8, 4) is 0 Å². The Balaban J connectivity index is 1.98. The van der Waals surface area contributed by atoms with Gasteiger partial charge in [-0.2, -0.15) is 5.10 Å². The van der Waals surface area contributed by atoms with Crippen LogP contribution in [0.1, 0.15) is 56.7 Å². The normalized spacial score (nSPS) is 24.3. The van der Waals surface area contributed by atoms with E-state index in [1.165, 1.54) is 58.0 Å². The van der Waals surface area contributed by atoms with Gasteiger partial charge in [0.15, 0.2) is 0 Å². The summed E-state index contributed by atoms with van der Waals surface area (Å²) >= 11 is 6.46. The Hall–Kier alpha value is -0.580. The Labute approximate surface area is 132 Å². The number of hydrogen-bond acceptors (Lipinski definition) is 3. The van der Waals surface area contributed by atoms with Gasteiger partial charge in [0, 0.05) is 12.6 Å². The average Bonchev–Trinajstić information content (AvgIpc) is 3.12. The van der Waals surface area contributed by atoms with E-state index in [0.29, 0.717) is 0 Å². The van der Waals surface area contributed by atoms with E-state index >= 15 is 0 Å². The van der Waals surface area contributed by atoms with E-state index in [2.05, 4.69) is 22.4 Å². The van der Waals surface area contributed by atoms with Crippen LogP contribution in [0.2, 0.25) is 5.02 Å². The van der Waals surface area contributed by atoms with Gasteiger partial charge in [-0.25, -0.2) is 0 Å². The van der Waals surface area contributed by atoms with Crippen LogP contribution in [0.3, 0.4) is 0 Å². The molecule has 1 N–H and O–H groups in total. The van der Waals surface area contributed by atoms with Crippen molar-refractivity contribution in [3.05, 3.63) is 16.9 Å². The van der Waals surface area contributed by atoms with E-state index in [4.69, 9.17) is 11.6 Å². The van der Waals surface area contributed by atoms with E-state index in [0.717, 1.165) is 10.7 Å². The molecule has 0 spiro atoms. The lowest BCUT2D eigenvalue weighted by Crippen LogP contribution is -2.56. The van der Waals surface area contributed by atoms with Gasteiger partial charge in [-0.15, -0.1) is 0 Å². The molecule has 21 heavy (non-hydrogen) atoms. The molecule has 0 amide bonds. The predicted octanol–water partition coefficient (Wildman–Crippen LogP) is 3.13. The minimum Gasteiger partial charge on any atom is -0.310 e. The van der Waals surface area contributed by atoms with Crippen molar-refractivity contribution in [2.24, 2.45) is 7.05 Å². The van der Waals surface area contributed by atoms with Gasteiger partial charge in [0.1, 0.15) is 0 Å². The number of aryl methyl sites for hydroxylation is 1. The number of nitrogens with zero attached hydrogens (tertiary/aromatic N) is 3. The summed E-state index contributed by atoms with van der Waals surface area (Å²) < 4.78 is 1.95. The number of likely N-dealkylation sites (N-methyl/N-ethyl adjacent to an activating group) is 1. The standard InChI is InChI=1S/C16H27ClN4/c1-18-15(14-13(17)12-19-20(14)2)16(8-4-5-9-16)21-10-6-3-7-11-21/h12,15,18H,3-11H2,1-2H3. The maximum Gasteiger partial charge on any atom is 0.0834 e. The maximum atomic E-state index is 6.46. The second-order valence-corrected chi connectivity index (χ2v) is 6.99. The van der Waals surface area contributed by atoms with Gasteiger partial charge in [-0.3, -0.25) is 9.58 Å².